The highest BCUT2D eigenvalue weighted by molar-refractivity contribution is 6.30. The van der Waals surface area contributed by atoms with Gasteiger partial charge in [0, 0.05) is 10.6 Å². The summed E-state index contributed by atoms with van der Waals surface area (Å²) in [6.07, 6.45) is 0.747. The molecule has 0 bridgehead atoms. The van der Waals surface area contributed by atoms with E-state index < -0.39 is 6.09 Å². The van der Waals surface area contributed by atoms with Crippen LogP contribution in [0.2, 0.25) is 5.02 Å². The predicted molar refractivity (Wildman–Crippen MR) is 72.3 cm³/mol. The summed E-state index contributed by atoms with van der Waals surface area (Å²) >= 11 is 5.81. The smallest absolute Gasteiger partial charge is 0.427 e. The van der Waals surface area contributed by atoms with Crippen LogP contribution in [0, 0.1) is 0 Å². The van der Waals surface area contributed by atoms with E-state index in [-0.39, 0.29) is 0 Å². The number of halogens is 1. The van der Waals surface area contributed by atoms with Crippen molar-refractivity contribution in [1.82, 2.24) is 5.43 Å². The molecule has 1 amide bonds. The van der Waals surface area contributed by atoms with Crippen molar-refractivity contribution in [1.29, 1.82) is 0 Å². The molecule has 6 heteroatoms. The van der Waals surface area contributed by atoms with Gasteiger partial charge >= 0.3 is 6.09 Å². The number of hydrogen-bond donors (Lipinski definition) is 1. The third kappa shape index (κ3) is 3.59. The van der Waals surface area contributed by atoms with Gasteiger partial charge in [0.05, 0.1) is 13.3 Å². The first-order valence-electron chi connectivity index (χ1n) is 5.42. The molecule has 1 aromatic heterocycles. The van der Waals surface area contributed by atoms with Gasteiger partial charge in [-0.3, -0.25) is 0 Å². The van der Waals surface area contributed by atoms with E-state index in [1.54, 1.807) is 18.2 Å². The van der Waals surface area contributed by atoms with E-state index in [1.807, 2.05) is 18.2 Å². The fraction of sp³-hybridized carbons (Fsp3) is 0.0769. The predicted octanol–water partition coefficient (Wildman–Crippen LogP) is 3.29. The average Bonchev–Trinajstić information content (AvgIpc) is 2.88. The zero-order valence-corrected chi connectivity index (χ0v) is 10.8. The summed E-state index contributed by atoms with van der Waals surface area (Å²) in [6, 6.07) is 10.8. The van der Waals surface area contributed by atoms with Crippen LogP contribution in [0.25, 0.3) is 11.3 Å². The molecule has 1 heterocycles. The van der Waals surface area contributed by atoms with Gasteiger partial charge < -0.3 is 9.15 Å². The normalized spacial score (nSPS) is 10.6. The van der Waals surface area contributed by atoms with Gasteiger partial charge in [-0.2, -0.15) is 5.10 Å². The number of carbonyl (C=O) groups is 1. The Labute approximate surface area is 114 Å². The topological polar surface area (TPSA) is 63.8 Å². The van der Waals surface area contributed by atoms with E-state index in [0.29, 0.717) is 16.5 Å². The summed E-state index contributed by atoms with van der Waals surface area (Å²) < 4.78 is 9.91. The Balaban J connectivity index is 2.06. The lowest BCUT2D eigenvalue weighted by molar-refractivity contribution is 0.171. The highest BCUT2D eigenvalue weighted by Gasteiger charge is 2.03. The second-order valence-electron chi connectivity index (χ2n) is 3.57. The van der Waals surface area contributed by atoms with E-state index >= 15 is 0 Å². The summed E-state index contributed by atoms with van der Waals surface area (Å²) in [6.45, 7) is 0. The third-order valence-corrected chi connectivity index (χ3v) is 2.54. The van der Waals surface area contributed by atoms with Crippen LogP contribution in [0.5, 0.6) is 0 Å². The van der Waals surface area contributed by atoms with Gasteiger partial charge in [-0.15, -0.1) is 0 Å². The van der Waals surface area contributed by atoms with E-state index in [1.165, 1.54) is 13.3 Å². The lowest BCUT2D eigenvalue weighted by Gasteiger charge is -1.96. The summed E-state index contributed by atoms with van der Waals surface area (Å²) in [4.78, 5) is 10.8. The minimum absolute atomic E-state index is 0.515. The average molecular weight is 279 g/mol. The molecule has 0 aliphatic heterocycles. The Hall–Kier alpha value is -2.27. The zero-order valence-electron chi connectivity index (χ0n) is 10.1. The molecule has 0 fully saturated rings. The first kappa shape index (κ1) is 13.2. The van der Waals surface area contributed by atoms with Crippen LogP contribution in [0.4, 0.5) is 4.79 Å². The van der Waals surface area contributed by atoms with Crippen LogP contribution in [-0.2, 0) is 4.74 Å². The number of benzene rings is 1. The summed E-state index contributed by atoms with van der Waals surface area (Å²) in [5.74, 6) is 1.21. The van der Waals surface area contributed by atoms with Gasteiger partial charge in [0.1, 0.15) is 11.5 Å². The molecule has 0 saturated carbocycles. The molecule has 1 N–H and O–H groups in total. The van der Waals surface area contributed by atoms with Gasteiger partial charge in [0.25, 0.3) is 0 Å². The maximum Gasteiger partial charge on any atom is 0.427 e. The standard InChI is InChI=1S/C13H11ClN2O3/c1-18-13(17)16-15-8-11-6-7-12(19-11)9-2-4-10(14)5-3-9/h2-8H,1H3,(H,16,17)/b15-8-. The Morgan fingerprint density at radius 2 is 2.05 bits per heavy atom. The largest absolute Gasteiger partial charge is 0.455 e. The molecule has 0 radical (unpaired) electrons. The van der Waals surface area contributed by atoms with Crippen LogP contribution >= 0.6 is 11.6 Å². The first-order valence-corrected chi connectivity index (χ1v) is 5.79. The monoisotopic (exact) mass is 278 g/mol. The molecular formula is C13H11ClN2O3. The molecule has 1 aromatic carbocycles. The van der Waals surface area contributed by atoms with Crippen molar-refractivity contribution >= 4 is 23.9 Å². The Bertz CT molecular complexity index is 590. The molecular weight excluding hydrogens is 268 g/mol. The SMILES string of the molecule is COC(=O)N/N=C\c1ccc(-c2ccc(Cl)cc2)o1. The minimum atomic E-state index is -0.638. The molecule has 19 heavy (non-hydrogen) atoms. The maximum atomic E-state index is 10.8. The number of furan rings is 1. The van der Waals surface area contributed by atoms with E-state index in [2.05, 4.69) is 15.3 Å². The van der Waals surface area contributed by atoms with E-state index in [4.69, 9.17) is 16.0 Å². The van der Waals surface area contributed by atoms with Gasteiger partial charge in [-0.1, -0.05) is 11.6 Å². The Kier molecular flexibility index (Phi) is 4.20. The quantitative estimate of drug-likeness (QED) is 0.692. The minimum Gasteiger partial charge on any atom is -0.455 e. The first-order chi connectivity index (χ1) is 9.19. The van der Waals surface area contributed by atoms with E-state index in [9.17, 15) is 4.79 Å². The number of carbonyl (C=O) groups excluding carboxylic acids is 1. The van der Waals surface area contributed by atoms with Crippen molar-refractivity contribution in [3.05, 3.63) is 47.2 Å². The molecule has 2 rings (SSSR count). The number of methoxy groups -OCH3 is 1. The Morgan fingerprint density at radius 1 is 1.32 bits per heavy atom. The van der Waals surface area contributed by atoms with Crippen molar-refractivity contribution < 1.29 is 13.9 Å². The van der Waals surface area contributed by atoms with Crippen LogP contribution in [-0.4, -0.2) is 19.4 Å². The third-order valence-electron chi connectivity index (χ3n) is 2.29. The number of nitrogens with zero attached hydrogens (tertiary/aromatic N) is 1. The molecule has 0 saturated heterocycles. The van der Waals surface area contributed by atoms with Crippen LogP contribution in [0.3, 0.4) is 0 Å². The highest BCUT2D eigenvalue weighted by atomic mass is 35.5. The maximum absolute atomic E-state index is 10.8. The molecule has 5 nitrogen and oxygen atoms in total. The molecule has 0 aliphatic carbocycles. The molecule has 2 aromatic rings. The number of hydrazone groups is 1. The van der Waals surface area contributed by atoms with Gasteiger partial charge in [0.2, 0.25) is 0 Å². The summed E-state index contributed by atoms with van der Waals surface area (Å²) in [5, 5.41) is 4.34. The van der Waals surface area contributed by atoms with E-state index in [0.717, 1.165) is 5.56 Å². The van der Waals surface area contributed by atoms with Crippen molar-refractivity contribution in [3.63, 3.8) is 0 Å². The fourth-order valence-electron chi connectivity index (χ4n) is 1.39. The number of hydrogen-bond acceptors (Lipinski definition) is 4. The van der Waals surface area contributed by atoms with Gasteiger partial charge in [-0.05, 0) is 36.4 Å². The van der Waals surface area contributed by atoms with Crippen LogP contribution in [0.15, 0.2) is 45.9 Å². The number of ether oxygens (including phenoxy) is 1. The highest BCUT2D eigenvalue weighted by Crippen LogP contribution is 2.23. The molecule has 0 unspecified atom stereocenters. The van der Waals surface area contributed by atoms with Gasteiger partial charge in [-0.25, -0.2) is 10.2 Å². The van der Waals surface area contributed by atoms with Crippen molar-refractivity contribution in [2.45, 2.75) is 0 Å². The summed E-state index contributed by atoms with van der Waals surface area (Å²) in [5.41, 5.74) is 3.08. The number of rotatable bonds is 3. The van der Waals surface area contributed by atoms with Crippen molar-refractivity contribution in [3.8, 4) is 11.3 Å². The van der Waals surface area contributed by atoms with Crippen molar-refractivity contribution in [2.75, 3.05) is 7.11 Å². The second-order valence-corrected chi connectivity index (χ2v) is 4.01. The molecule has 0 spiro atoms. The van der Waals surface area contributed by atoms with Crippen LogP contribution in [0.1, 0.15) is 5.76 Å². The molecule has 0 atom stereocenters. The Morgan fingerprint density at radius 3 is 2.74 bits per heavy atom. The fourth-order valence-corrected chi connectivity index (χ4v) is 1.51. The lowest BCUT2D eigenvalue weighted by Crippen LogP contribution is -2.16. The molecule has 0 aliphatic rings. The van der Waals surface area contributed by atoms with Crippen LogP contribution < -0.4 is 5.43 Å². The zero-order chi connectivity index (χ0) is 13.7. The van der Waals surface area contributed by atoms with Crippen molar-refractivity contribution in [2.24, 2.45) is 5.10 Å². The van der Waals surface area contributed by atoms with Gasteiger partial charge in [0.15, 0.2) is 0 Å². The number of nitrogens with one attached hydrogen (secondary N) is 1. The lowest BCUT2D eigenvalue weighted by atomic mass is 10.2. The summed E-state index contributed by atoms with van der Waals surface area (Å²) in [7, 11) is 1.26. The molecule has 98 valence electrons. The number of amides is 1. The second kappa shape index (κ2) is 6.06.